The van der Waals surface area contributed by atoms with Gasteiger partial charge >= 0.3 is 0 Å². The number of rotatable bonds is 3. The van der Waals surface area contributed by atoms with Crippen molar-refractivity contribution in [3.63, 3.8) is 0 Å². The number of nitrogens with zero attached hydrogens (tertiary/aromatic N) is 2. The lowest BCUT2D eigenvalue weighted by Gasteiger charge is -2.09. The van der Waals surface area contributed by atoms with Crippen LogP contribution < -0.4 is 11.1 Å². The van der Waals surface area contributed by atoms with Gasteiger partial charge in [-0.05, 0) is 6.92 Å². The summed E-state index contributed by atoms with van der Waals surface area (Å²) in [6.07, 6.45) is 3.19. The molecule has 1 rings (SSSR count). The van der Waals surface area contributed by atoms with E-state index in [2.05, 4.69) is 10.4 Å². The molecule has 1 atom stereocenters. The second-order valence-electron chi connectivity index (χ2n) is 3.01. The summed E-state index contributed by atoms with van der Waals surface area (Å²) >= 11 is 0. The van der Waals surface area contributed by atoms with Crippen LogP contribution in [0.4, 0.5) is 0 Å². The molecule has 1 heterocycles. The number of hydrogen-bond acceptors (Lipinski definition) is 3. The van der Waals surface area contributed by atoms with Crippen LogP contribution in [0.5, 0.6) is 0 Å². The maximum Gasteiger partial charge on any atom is 0.254 e. The highest BCUT2D eigenvalue weighted by molar-refractivity contribution is 5.93. The Kier molecular flexibility index (Phi) is 3.02. The van der Waals surface area contributed by atoms with Gasteiger partial charge in [-0.15, -0.1) is 0 Å². The van der Waals surface area contributed by atoms with Crippen molar-refractivity contribution in [3.05, 3.63) is 18.0 Å². The van der Waals surface area contributed by atoms with Crippen molar-refractivity contribution in [2.45, 2.75) is 13.0 Å². The summed E-state index contributed by atoms with van der Waals surface area (Å²) in [5.74, 6) is -0.133. The Bertz CT molecular complexity index is 294. The molecule has 0 spiro atoms. The quantitative estimate of drug-likeness (QED) is 0.661. The fourth-order valence-corrected chi connectivity index (χ4v) is 0.905. The Hall–Kier alpha value is -1.36. The zero-order valence-electron chi connectivity index (χ0n) is 7.82. The fraction of sp³-hybridized carbons (Fsp3) is 0.500. The number of amides is 1. The Labute approximate surface area is 76.9 Å². The molecule has 0 fully saturated rings. The molecular formula is C8H14N4O. The lowest BCUT2D eigenvalue weighted by molar-refractivity contribution is 0.0941. The van der Waals surface area contributed by atoms with Crippen LogP contribution in [0, 0.1) is 0 Å². The molecule has 1 aromatic rings. The first-order chi connectivity index (χ1) is 6.13. The van der Waals surface area contributed by atoms with Crippen LogP contribution in [0.15, 0.2) is 12.4 Å². The first-order valence-electron chi connectivity index (χ1n) is 4.13. The number of nitrogens with two attached hydrogens (primary N) is 1. The first kappa shape index (κ1) is 9.73. The van der Waals surface area contributed by atoms with Crippen LogP contribution in [0.2, 0.25) is 0 Å². The number of aryl methyl sites for hydroxylation is 1. The molecule has 13 heavy (non-hydrogen) atoms. The van der Waals surface area contributed by atoms with E-state index in [9.17, 15) is 4.79 Å². The van der Waals surface area contributed by atoms with Gasteiger partial charge in [-0.2, -0.15) is 5.10 Å². The van der Waals surface area contributed by atoms with E-state index in [1.54, 1.807) is 17.9 Å². The standard InChI is InChI=1S/C8H14N4O/c1-6(3-9)11-8(13)7-4-10-12(2)5-7/h4-6H,3,9H2,1-2H3,(H,11,13). The predicted molar refractivity (Wildman–Crippen MR) is 49.2 cm³/mol. The van der Waals surface area contributed by atoms with Gasteiger partial charge < -0.3 is 11.1 Å². The van der Waals surface area contributed by atoms with Gasteiger partial charge in [0.2, 0.25) is 0 Å². The van der Waals surface area contributed by atoms with Crippen molar-refractivity contribution < 1.29 is 4.79 Å². The molecule has 0 radical (unpaired) electrons. The normalized spacial score (nSPS) is 12.5. The predicted octanol–water partition coefficient (Wildman–Crippen LogP) is -0.503. The van der Waals surface area contributed by atoms with Crippen LogP contribution in [-0.4, -0.2) is 28.3 Å². The zero-order chi connectivity index (χ0) is 9.84. The molecule has 0 aliphatic heterocycles. The van der Waals surface area contributed by atoms with Gasteiger partial charge in [0.05, 0.1) is 11.8 Å². The van der Waals surface area contributed by atoms with E-state index in [0.29, 0.717) is 12.1 Å². The van der Waals surface area contributed by atoms with Gasteiger partial charge in [0, 0.05) is 25.8 Å². The molecule has 0 aromatic carbocycles. The maximum absolute atomic E-state index is 11.4. The van der Waals surface area contributed by atoms with E-state index in [4.69, 9.17) is 5.73 Å². The summed E-state index contributed by atoms with van der Waals surface area (Å²) in [7, 11) is 1.77. The summed E-state index contributed by atoms with van der Waals surface area (Å²) in [6.45, 7) is 2.29. The van der Waals surface area contributed by atoms with Gasteiger partial charge in [0.15, 0.2) is 0 Å². The maximum atomic E-state index is 11.4. The van der Waals surface area contributed by atoms with E-state index in [1.165, 1.54) is 6.20 Å². The van der Waals surface area contributed by atoms with Gasteiger partial charge in [-0.25, -0.2) is 0 Å². The highest BCUT2D eigenvalue weighted by Crippen LogP contribution is 1.96. The number of carbonyl (C=O) groups is 1. The van der Waals surface area contributed by atoms with Crippen molar-refractivity contribution in [2.24, 2.45) is 12.8 Å². The van der Waals surface area contributed by atoms with Gasteiger partial charge in [0.1, 0.15) is 0 Å². The molecule has 1 amide bonds. The van der Waals surface area contributed by atoms with Gasteiger partial charge in [-0.3, -0.25) is 9.48 Å². The zero-order valence-corrected chi connectivity index (χ0v) is 7.82. The van der Waals surface area contributed by atoms with Gasteiger partial charge in [0.25, 0.3) is 5.91 Å². The summed E-state index contributed by atoms with van der Waals surface area (Å²) in [5, 5.41) is 6.64. The molecule has 3 N–H and O–H groups in total. The van der Waals surface area contributed by atoms with E-state index >= 15 is 0 Å². The first-order valence-corrected chi connectivity index (χ1v) is 4.13. The van der Waals surface area contributed by atoms with Crippen LogP contribution in [-0.2, 0) is 7.05 Å². The van der Waals surface area contributed by atoms with Crippen molar-refractivity contribution in [1.29, 1.82) is 0 Å². The smallest absolute Gasteiger partial charge is 0.254 e. The monoisotopic (exact) mass is 182 g/mol. The molecule has 72 valence electrons. The molecule has 1 unspecified atom stereocenters. The van der Waals surface area contributed by atoms with E-state index < -0.39 is 0 Å². The lowest BCUT2D eigenvalue weighted by Crippen LogP contribution is -2.37. The SMILES string of the molecule is CC(CN)NC(=O)c1cnn(C)c1. The Morgan fingerprint density at radius 2 is 2.54 bits per heavy atom. The van der Waals surface area contributed by atoms with Crippen molar-refractivity contribution in [3.8, 4) is 0 Å². The molecular weight excluding hydrogens is 168 g/mol. The van der Waals surface area contributed by atoms with E-state index in [-0.39, 0.29) is 11.9 Å². The summed E-state index contributed by atoms with van der Waals surface area (Å²) in [6, 6.07) is -0.00675. The largest absolute Gasteiger partial charge is 0.348 e. The van der Waals surface area contributed by atoms with Crippen LogP contribution in [0.1, 0.15) is 17.3 Å². The summed E-state index contributed by atoms with van der Waals surface area (Å²) < 4.78 is 1.59. The third kappa shape index (κ3) is 2.55. The van der Waals surface area contributed by atoms with E-state index in [0.717, 1.165) is 0 Å². The van der Waals surface area contributed by atoms with Crippen molar-refractivity contribution in [2.75, 3.05) is 6.54 Å². The second-order valence-corrected chi connectivity index (χ2v) is 3.01. The molecule has 0 aliphatic rings. The Morgan fingerprint density at radius 1 is 1.85 bits per heavy atom. The molecule has 5 heteroatoms. The third-order valence-electron chi connectivity index (χ3n) is 1.70. The second kappa shape index (κ2) is 4.04. The highest BCUT2D eigenvalue weighted by atomic mass is 16.1. The van der Waals surface area contributed by atoms with Gasteiger partial charge in [-0.1, -0.05) is 0 Å². The third-order valence-corrected chi connectivity index (χ3v) is 1.70. The molecule has 0 saturated carbocycles. The average molecular weight is 182 g/mol. The van der Waals surface area contributed by atoms with E-state index in [1.807, 2.05) is 6.92 Å². The minimum atomic E-state index is -0.133. The fourth-order valence-electron chi connectivity index (χ4n) is 0.905. The number of carbonyl (C=O) groups excluding carboxylic acids is 1. The highest BCUT2D eigenvalue weighted by Gasteiger charge is 2.09. The van der Waals surface area contributed by atoms with Crippen molar-refractivity contribution >= 4 is 5.91 Å². The number of aromatic nitrogens is 2. The summed E-state index contributed by atoms with van der Waals surface area (Å²) in [4.78, 5) is 11.4. The van der Waals surface area contributed by atoms with Crippen LogP contribution in [0.3, 0.4) is 0 Å². The van der Waals surface area contributed by atoms with Crippen LogP contribution >= 0.6 is 0 Å². The van der Waals surface area contributed by atoms with Crippen LogP contribution in [0.25, 0.3) is 0 Å². The molecule has 0 saturated heterocycles. The topological polar surface area (TPSA) is 72.9 Å². The minimum Gasteiger partial charge on any atom is -0.348 e. The molecule has 0 bridgehead atoms. The molecule has 5 nitrogen and oxygen atoms in total. The molecule has 1 aromatic heterocycles. The summed E-state index contributed by atoms with van der Waals surface area (Å²) in [5.41, 5.74) is 5.93. The minimum absolute atomic E-state index is 0.00675. The number of nitrogens with one attached hydrogen (secondary N) is 1. The number of hydrogen-bond donors (Lipinski definition) is 2. The Morgan fingerprint density at radius 3 is 3.00 bits per heavy atom. The van der Waals surface area contributed by atoms with Crippen molar-refractivity contribution in [1.82, 2.24) is 15.1 Å². The molecule has 0 aliphatic carbocycles. The lowest BCUT2D eigenvalue weighted by atomic mass is 10.3. The average Bonchev–Trinajstić information content (AvgIpc) is 2.51. The Balaban J connectivity index is 2.58.